The first kappa shape index (κ1) is 11.9. The van der Waals surface area contributed by atoms with Crippen molar-refractivity contribution in [3.8, 4) is 5.75 Å². The van der Waals surface area contributed by atoms with Crippen molar-refractivity contribution >= 4 is 15.9 Å². The maximum atomic E-state index is 5.79. The summed E-state index contributed by atoms with van der Waals surface area (Å²) in [4.78, 5) is 0. The zero-order valence-corrected chi connectivity index (χ0v) is 10.9. The van der Waals surface area contributed by atoms with Crippen molar-refractivity contribution in [1.82, 2.24) is 0 Å². The van der Waals surface area contributed by atoms with E-state index >= 15 is 0 Å². The fourth-order valence-corrected chi connectivity index (χ4v) is 2.45. The molecule has 1 saturated carbocycles. The van der Waals surface area contributed by atoms with Crippen LogP contribution in [0.3, 0.4) is 0 Å². The number of ether oxygens (including phenoxy) is 1. The summed E-state index contributed by atoms with van der Waals surface area (Å²) in [6.07, 6.45) is 4.01. The minimum Gasteiger partial charge on any atom is -0.493 e. The summed E-state index contributed by atoms with van der Waals surface area (Å²) >= 11 is 3.44. The third kappa shape index (κ3) is 2.98. The van der Waals surface area contributed by atoms with Gasteiger partial charge in [0.1, 0.15) is 5.75 Å². The van der Waals surface area contributed by atoms with Crippen LogP contribution in [0.2, 0.25) is 0 Å². The maximum absolute atomic E-state index is 5.79. The molecular weight excluding hydrogens is 266 g/mol. The Balaban J connectivity index is 1.85. The molecule has 0 radical (unpaired) electrons. The second kappa shape index (κ2) is 5.69. The summed E-state index contributed by atoms with van der Waals surface area (Å²) < 4.78 is 6.84. The highest BCUT2D eigenvalue weighted by Crippen LogP contribution is 2.33. The molecule has 1 aromatic rings. The van der Waals surface area contributed by atoms with Gasteiger partial charge >= 0.3 is 0 Å². The molecule has 1 aromatic carbocycles. The average molecular weight is 284 g/mol. The standard InChI is InChI=1S/C13H18BrNO/c14-12-5-2-6-13(7-12)16-9-11(8-15)10-3-1-4-10/h2,5-7,10-11H,1,3-4,8-9,15H2. The fraction of sp³-hybridized carbons (Fsp3) is 0.538. The van der Waals surface area contributed by atoms with E-state index in [1.807, 2.05) is 24.3 Å². The molecule has 0 aromatic heterocycles. The predicted octanol–water partition coefficient (Wildman–Crippen LogP) is 3.20. The quantitative estimate of drug-likeness (QED) is 0.901. The number of rotatable bonds is 5. The molecule has 88 valence electrons. The minimum absolute atomic E-state index is 0.521. The minimum atomic E-state index is 0.521. The predicted molar refractivity (Wildman–Crippen MR) is 69.5 cm³/mol. The van der Waals surface area contributed by atoms with Gasteiger partial charge in [-0.3, -0.25) is 0 Å². The van der Waals surface area contributed by atoms with Crippen LogP contribution in [-0.2, 0) is 0 Å². The molecule has 0 spiro atoms. The van der Waals surface area contributed by atoms with Crippen molar-refractivity contribution in [2.24, 2.45) is 17.6 Å². The Kier molecular flexibility index (Phi) is 4.24. The summed E-state index contributed by atoms with van der Waals surface area (Å²) in [5.74, 6) is 2.23. The van der Waals surface area contributed by atoms with Crippen LogP contribution < -0.4 is 10.5 Å². The molecule has 2 rings (SSSR count). The number of nitrogens with two attached hydrogens (primary N) is 1. The van der Waals surface area contributed by atoms with E-state index in [1.165, 1.54) is 19.3 Å². The van der Waals surface area contributed by atoms with Gasteiger partial charge in [-0.1, -0.05) is 28.4 Å². The Bertz CT molecular complexity index is 338. The van der Waals surface area contributed by atoms with Crippen LogP contribution in [0.5, 0.6) is 5.75 Å². The molecule has 3 heteroatoms. The molecule has 0 amide bonds. The third-order valence-corrected chi connectivity index (χ3v) is 3.87. The zero-order chi connectivity index (χ0) is 11.4. The van der Waals surface area contributed by atoms with Gasteiger partial charge < -0.3 is 10.5 Å². The normalized spacial score (nSPS) is 17.9. The number of benzene rings is 1. The molecule has 1 fully saturated rings. The van der Waals surface area contributed by atoms with E-state index in [0.717, 1.165) is 29.3 Å². The van der Waals surface area contributed by atoms with Crippen LogP contribution >= 0.6 is 15.9 Å². The lowest BCUT2D eigenvalue weighted by molar-refractivity contribution is 0.142. The Hall–Kier alpha value is -0.540. The van der Waals surface area contributed by atoms with Crippen molar-refractivity contribution in [3.63, 3.8) is 0 Å². The molecule has 0 aliphatic heterocycles. The molecule has 2 nitrogen and oxygen atoms in total. The van der Waals surface area contributed by atoms with Crippen molar-refractivity contribution in [3.05, 3.63) is 28.7 Å². The Labute approximate surface area is 105 Å². The number of halogens is 1. The van der Waals surface area contributed by atoms with Crippen molar-refractivity contribution in [1.29, 1.82) is 0 Å². The van der Waals surface area contributed by atoms with Gasteiger partial charge in [0.25, 0.3) is 0 Å². The summed E-state index contributed by atoms with van der Waals surface area (Å²) in [7, 11) is 0. The lowest BCUT2D eigenvalue weighted by atomic mass is 9.76. The number of hydrogen-bond acceptors (Lipinski definition) is 2. The highest BCUT2D eigenvalue weighted by Gasteiger charge is 2.26. The van der Waals surface area contributed by atoms with Crippen LogP contribution in [0.1, 0.15) is 19.3 Å². The van der Waals surface area contributed by atoms with Gasteiger partial charge in [-0.25, -0.2) is 0 Å². The second-order valence-corrected chi connectivity index (χ2v) is 5.37. The average Bonchev–Trinajstić information content (AvgIpc) is 2.21. The second-order valence-electron chi connectivity index (χ2n) is 4.46. The summed E-state index contributed by atoms with van der Waals surface area (Å²) in [6, 6.07) is 7.97. The maximum Gasteiger partial charge on any atom is 0.120 e. The van der Waals surface area contributed by atoms with Crippen molar-refractivity contribution in [2.75, 3.05) is 13.2 Å². The molecule has 0 heterocycles. The van der Waals surface area contributed by atoms with Crippen LogP contribution in [0.4, 0.5) is 0 Å². The lowest BCUT2D eigenvalue weighted by Gasteiger charge is -2.32. The van der Waals surface area contributed by atoms with E-state index in [1.54, 1.807) is 0 Å². The van der Waals surface area contributed by atoms with Crippen molar-refractivity contribution < 1.29 is 4.74 Å². The van der Waals surface area contributed by atoms with Gasteiger partial charge in [0, 0.05) is 10.4 Å². The van der Waals surface area contributed by atoms with E-state index in [2.05, 4.69) is 15.9 Å². The monoisotopic (exact) mass is 283 g/mol. The highest BCUT2D eigenvalue weighted by atomic mass is 79.9. The van der Waals surface area contributed by atoms with E-state index in [9.17, 15) is 0 Å². The van der Waals surface area contributed by atoms with Crippen LogP contribution in [-0.4, -0.2) is 13.2 Å². The first-order valence-corrected chi connectivity index (χ1v) is 6.67. The van der Waals surface area contributed by atoms with E-state index in [0.29, 0.717) is 5.92 Å². The molecule has 0 saturated heterocycles. The molecule has 1 aliphatic rings. The largest absolute Gasteiger partial charge is 0.493 e. The van der Waals surface area contributed by atoms with E-state index in [4.69, 9.17) is 10.5 Å². The summed E-state index contributed by atoms with van der Waals surface area (Å²) in [6.45, 7) is 1.48. The van der Waals surface area contributed by atoms with Crippen LogP contribution in [0, 0.1) is 11.8 Å². The van der Waals surface area contributed by atoms with Gasteiger partial charge in [-0.2, -0.15) is 0 Å². The molecule has 1 unspecified atom stereocenters. The summed E-state index contributed by atoms with van der Waals surface area (Å²) in [5.41, 5.74) is 5.79. The Morgan fingerprint density at radius 1 is 1.44 bits per heavy atom. The molecule has 0 bridgehead atoms. The van der Waals surface area contributed by atoms with Gasteiger partial charge in [-0.15, -0.1) is 0 Å². The molecule has 1 atom stereocenters. The highest BCUT2D eigenvalue weighted by molar-refractivity contribution is 9.10. The van der Waals surface area contributed by atoms with E-state index in [-0.39, 0.29) is 0 Å². The smallest absolute Gasteiger partial charge is 0.120 e. The van der Waals surface area contributed by atoms with Crippen molar-refractivity contribution in [2.45, 2.75) is 19.3 Å². The number of hydrogen-bond donors (Lipinski definition) is 1. The molecule has 2 N–H and O–H groups in total. The van der Waals surface area contributed by atoms with Gasteiger partial charge in [-0.05, 0) is 43.5 Å². The van der Waals surface area contributed by atoms with Gasteiger partial charge in [0.05, 0.1) is 6.61 Å². The van der Waals surface area contributed by atoms with Gasteiger partial charge in [0.15, 0.2) is 0 Å². The first-order chi connectivity index (χ1) is 7.79. The van der Waals surface area contributed by atoms with Gasteiger partial charge in [0.2, 0.25) is 0 Å². The zero-order valence-electron chi connectivity index (χ0n) is 9.36. The Morgan fingerprint density at radius 2 is 2.25 bits per heavy atom. The molecular formula is C13H18BrNO. The Morgan fingerprint density at radius 3 is 2.81 bits per heavy atom. The van der Waals surface area contributed by atoms with Crippen LogP contribution in [0.15, 0.2) is 28.7 Å². The summed E-state index contributed by atoms with van der Waals surface area (Å²) in [5, 5.41) is 0. The van der Waals surface area contributed by atoms with E-state index < -0.39 is 0 Å². The fourth-order valence-electron chi connectivity index (χ4n) is 2.07. The lowest BCUT2D eigenvalue weighted by Crippen LogP contribution is -2.32. The SMILES string of the molecule is NCC(COc1cccc(Br)c1)C1CCC1. The third-order valence-electron chi connectivity index (χ3n) is 3.38. The molecule has 1 aliphatic carbocycles. The first-order valence-electron chi connectivity index (χ1n) is 5.88. The molecule has 16 heavy (non-hydrogen) atoms. The van der Waals surface area contributed by atoms with Crippen LogP contribution in [0.25, 0.3) is 0 Å². The topological polar surface area (TPSA) is 35.2 Å².